The summed E-state index contributed by atoms with van der Waals surface area (Å²) in [5.74, 6) is 0. The van der Waals surface area contributed by atoms with Crippen LogP contribution in [0, 0.1) is 13.8 Å². The summed E-state index contributed by atoms with van der Waals surface area (Å²) >= 11 is 1.82. The normalized spacial score (nSPS) is 10.5. The third kappa shape index (κ3) is 2.90. The Kier molecular flexibility index (Phi) is 3.87. The minimum absolute atomic E-state index is 0.607. The van der Waals surface area contributed by atoms with E-state index in [0.29, 0.717) is 6.54 Å². The summed E-state index contributed by atoms with van der Waals surface area (Å²) < 4.78 is 0. The van der Waals surface area contributed by atoms with Gasteiger partial charge in [-0.1, -0.05) is 42.1 Å². The highest BCUT2D eigenvalue weighted by Gasteiger charge is 2.03. The molecule has 0 saturated heterocycles. The van der Waals surface area contributed by atoms with Crippen LogP contribution >= 0.6 is 11.8 Å². The number of hydrogen-bond acceptors (Lipinski definition) is 2. The van der Waals surface area contributed by atoms with Gasteiger partial charge in [0.05, 0.1) is 0 Å². The highest BCUT2D eigenvalue weighted by atomic mass is 32.2. The molecular formula is C15H17NS. The maximum absolute atomic E-state index is 5.64. The van der Waals surface area contributed by atoms with Crippen LogP contribution in [0.1, 0.15) is 16.7 Å². The second-order valence-corrected chi connectivity index (χ2v) is 5.26. The molecule has 0 aliphatic carbocycles. The van der Waals surface area contributed by atoms with Crippen molar-refractivity contribution in [2.45, 2.75) is 30.2 Å². The fourth-order valence-corrected chi connectivity index (χ4v) is 2.71. The van der Waals surface area contributed by atoms with Crippen molar-refractivity contribution < 1.29 is 0 Å². The Labute approximate surface area is 107 Å². The Morgan fingerprint density at radius 1 is 0.941 bits per heavy atom. The van der Waals surface area contributed by atoms with Crippen LogP contribution in [0.2, 0.25) is 0 Å². The first-order chi connectivity index (χ1) is 8.20. The van der Waals surface area contributed by atoms with E-state index in [-0.39, 0.29) is 0 Å². The predicted molar refractivity (Wildman–Crippen MR) is 74.4 cm³/mol. The molecule has 0 unspecified atom stereocenters. The zero-order valence-electron chi connectivity index (χ0n) is 10.2. The number of aryl methyl sites for hydroxylation is 2. The van der Waals surface area contributed by atoms with Gasteiger partial charge in [0.1, 0.15) is 0 Å². The average molecular weight is 243 g/mol. The molecule has 2 N–H and O–H groups in total. The minimum Gasteiger partial charge on any atom is -0.326 e. The van der Waals surface area contributed by atoms with E-state index in [1.165, 1.54) is 26.5 Å². The number of benzene rings is 2. The van der Waals surface area contributed by atoms with E-state index in [4.69, 9.17) is 5.73 Å². The summed E-state index contributed by atoms with van der Waals surface area (Å²) in [6, 6.07) is 14.9. The molecule has 0 radical (unpaired) electrons. The molecule has 2 rings (SSSR count). The van der Waals surface area contributed by atoms with Gasteiger partial charge in [-0.2, -0.15) is 0 Å². The van der Waals surface area contributed by atoms with Crippen LogP contribution in [-0.2, 0) is 6.54 Å². The van der Waals surface area contributed by atoms with Crippen molar-refractivity contribution >= 4 is 11.8 Å². The molecule has 0 aliphatic heterocycles. The standard InChI is InChI=1S/C15H17NS/c1-11-5-3-4-6-14(11)17-15-8-7-13(10-16)9-12(15)2/h3-9H,10,16H2,1-2H3. The van der Waals surface area contributed by atoms with Gasteiger partial charge in [-0.05, 0) is 42.7 Å². The summed E-state index contributed by atoms with van der Waals surface area (Å²) in [5, 5.41) is 0. The summed E-state index contributed by atoms with van der Waals surface area (Å²) in [5.41, 5.74) is 9.44. The Morgan fingerprint density at radius 3 is 2.29 bits per heavy atom. The van der Waals surface area contributed by atoms with Gasteiger partial charge < -0.3 is 5.73 Å². The second kappa shape index (κ2) is 5.39. The molecule has 0 atom stereocenters. The summed E-state index contributed by atoms with van der Waals surface area (Å²) in [7, 11) is 0. The van der Waals surface area contributed by atoms with E-state index < -0.39 is 0 Å². The monoisotopic (exact) mass is 243 g/mol. The lowest BCUT2D eigenvalue weighted by Crippen LogP contribution is -1.96. The quantitative estimate of drug-likeness (QED) is 0.884. The fraction of sp³-hybridized carbons (Fsp3) is 0.200. The topological polar surface area (TPSA) is 26.0 Å². The Hall–Kier alpha value is -1.25. The smallest absolute Gasteiger partial charge is 0.0178 e. The summed E-state index contributed by atoms with van der Waals surface area (Å²) in [4.78, 5) is 2.62. The van der Waals surface area contributed by atoms with Crippen LogP contribution in [0.4, 0.5) is 0 Å². The molecule has 0 heterocycles. The van der Waals surface area contributed by atoms with Gasteiger partial charge in [-0.25, -0.2) is 0 Å². The Morgan fingerprint density at radius 2 is 1.65 bits per heavy atom. The van der Waals surface area contributed by atoms with Crippen LogP contribution in [-0.4, -0.2) is 0 Å². The molecule has 2 aromatic carbocycles. The van der Waals surface area contributed by atoms with Crippen LogP contribution in [0.5, 0.6) is 0 Å². The average Bonchev–Trinajstić information content (AvgIpc) is 2.34. The Balaban J connectivity index is 2.28. The zero-order valence-corrected chi connectivity index (χ0v) is 11.1. The maximum atomic E-state index is 5.64. The van der Waals surface area contributed by atoms with E-state index in [1.54, 1.807) is 0 Å². The SMILES string of the molecule is Cc1ccccc1Sc1ccc(CN)cc1C. The van der Waals surface area contributed by atoms with Gasteiger partial charge in [-0.15, -0.1) is 0 Å². The van der Waals surface area contributed by atoms with E-state index in [0.717, 1.165) is 0 Å². The molecule has 2 heteroatoms. The summed E-state index contributed by atoms with van der Waals surface area (Å²) in [6.45, 7) is 4.89. The van der Waals surface area contributed by atoms with Crippen molar-refractivity contribution in [1.82, 2.24) is 0 Å². The molecule has 0 saturated carbocycles. The van der Waals surface area contributed by atoms with Crippen LogP contribution in [0.3, 0.4) is 0 Å². The summed E-state index contributed by atoms with van der Waals surface area (Å²) in [6.07, 6.45) is 0. The lowest BCUT2D eigenvalue weighted by atomic mass is 10.1. The Bertz CT molecular complexity index is 520. The van der Waals surface area contributed by atoms with Gasteiger partial charge in [0.25, 0.3) is 0 Å². The van der Waals surface area contributed by atoms with Gasteiger partial charge >= 0.3 is 0 Å². The molecule has 88 valence electrons. The molecule has 0 bridgehead atoms. The molecule has 0 amide bonds. The zero-order chi connectivity index (χ0) is 12.3. The third-order valence-electron chi connectivity index (χ3n) is 2.79. The van der Waals surface area contributed by atoms with E-state index in [2.05, 4.69) is 56.3 Å². The molecule has 1 nitrogen and oxygen atoms in total. The van der Waals surface area contributed by atoms with Gasteiger partial charge in [0, 0.05) is 16.3 Å². The lowest BCUT2D eigenvalue weighted by molar-refractivity contribution is 1.05. The minimum atomic E-state index is 0.607. The molecule has 17 heavy (non-hydrogen) atoms. The predicted octanol–water partition coefficient (Wildman–Crippen LogP) is 3.91. The van der Waals surface area contributed by atoms with Crippen LogP contribution in [0.25, 0.3) is 0 Å². The highest BCUT2D eigenvalue weighted by Crippen LogP contribution is 2.32. The largest absolute Gasteiger partial charge is 0.326 e. The van der Waals surface area contributed by atoms with Crippen molar-refractivity contribution in [2.24, 2.45) is 5.73 Å². The van der Waals surface area contributed by atoms with E-state index in [9.17, 15) is 0 Å². The van der Waals surface area contributed by atoms with Crippen molar-refractivity contribution in [1.29, 1.82) is 0 Å². The van der Waals surface area contributed by atoms with E-state index >= 15 is 0 Å². The molecule has 0 spiro atoms. The van der Waals surface area contributed by atoms with Gasteiger partial charge in [0.2, 0.25) is 0 Å². The van der Waals surface area contributed by atoms with Crippen LogP contribution in [0.15, 0.2) is 52.3 Å². The first-order valence-corrected chi connectivity index (χ1v) is 6.55. The van der Waals surface area contributed by atoms with Crippen molar-refractivity contribution in [3.63, 3.8) is 0 Å². The fourth-order valence-electron chi connectivity index (χ4n) is 1.74. The number of nitrogens with two attached hydrogens (primary N) is 1. The van der Waals surface area contributed by atoms with Crippen molar-refractivity contribution in [3.05, 3.63) is 59.2 Å². The van der Waals surface area contributed by atoms with E-state index in [1.807, 2.05) is 11.8 Å². The molecule has 2 aromatic rings. The van der Waals surface area contributed by atoms with Crippen molar-refractivity contribution in [3.8, 4) is 0 Å². The lowest BCUT2D eigenvalue weighted by Gasteiger charge is -2.09. The first-order valence-electron chi connectivity index (χ1n) is 5.74. The number of rotatable bonds is 3. The number of hydrogen-bond donors (Lipinski definition) is 1. The highest BCUT2D eigenvalue weighted by molar-refractivity contribution is 7.99. The molecule has 0 aliphatic rings. The van der Waals surface area contributed by atoms with Gasteiger partial charge in [-0.3, -0.25) is 0 Å². The first kappa shape index (κ1) is 12.2. The molecule has 0 fully saturated rings. The third-order valence-corrected chi connectivity index (χ3v) is 4.14. The van der Waals surface area contributed by atoms with Crippen molar-refractivity contribution in [2.75, 3.05) is 0 Å². The molecule has 0 aromatic heterocycles. The van der Waals surface area contributed by atoms with Crippen LogP contribution < -0.4 is 5.73 Å². The molecular weight excluding hydrogens is 226 g/mol. The maximum Gasteiger partial charge on any atom is 0.0178 e. The second-order valence-electron chi connectivity index (χ2n) is 4.17. The van der Waals surface area contributed by atoms with Gasteiger partial charge in [0.15, 0.2) is 0 Å².